The molecule has 59 heavy (non-hydrogen) atoms. The van der Waals surface area contributed by atoms with Crippen molar-refractivity contribution in [2.24, 2.45) is 5.92 Å². The zero-order valence-electron chi connectivity index (χ0n) is 40.5. The molecule has 5 rings (SSSR count). The summed E-state index contributed by atoms with van der Waals surface area (Å²) in [6.45, 7) is 33.7. The van der Waals surface area contributed by atoms with Crippen molar-refractivity contribution in [2.45, 2.75) is 204 Å². The van der Waals surface area contributed by atoms with Crippen LogP contribution in [-0.2, 0) is 54.6 Å². The number of carbonyl (C=O) groups is 2. The minimum Gasteiger partial charge on any atom is -0.469 e. The summed E-state index contributed by atoms with van der Waals surface area (Å²) in [5, 5.41) is 3.35. The van der Waals surface area contributed by atoms with Crippen molar-refractivity contribution in [1.29, 1.82) is 0 Å². The number of esters is 2. The van der Waals surface area contributed by atoms with E-state index in [4.69, 9.17) is 0 Å². The summed E-state index contributed by atoms with van der Waals surface area (Å²) >= 11 is 0. The summed E-state index contributed by atoms with van der Waals surface area (Å²) < 4.78 is 28.8. The number of ether oxygens (including phenoxy) is 2. The van der Waals surface area contributed by atoms with Gasteiger partial charge in [-0.3, -0.25) is 9.59 Å². The molecule has 1 fully saturated rings. The third-order valence-electron chi connectivity index (χ3n) is 7.44. The molecule has 1 heterocycles. The molecule has 0 spiro atoms. The van der Waals surface area contributed by atoms with Crippen LogP contribution in [0.1, 0.15) is 200 Å². The lowest BCUT2D eigenvalue weighted by Crippen LogP contribution is -2.27. The normalized spacial score (nSPS) is 11.3. The van der Waals surface area contributed by atoms with Gasteiger partial charge in [-0.15, -0.1) is 0 Å². The van der Waals surface area contributed by atoms with Crippen LogP contribution in [0, 0.1) is 5.92 Å². The number of methoxy groups -OCH3 is 2. The van der Waals surface area contributed by atoms with Crippen LogP contribution in [0.4, 0.5) is 0 Å². The van der Waals surface area contributed by atoms with Crippen molar-refractivity contribution in [1.82, 2.24) is 5.32 Å². The van der Waals surface area contributed by atoms with Gasteiger partial charge in [0, 0.05) is 25.4 Å². The first-order chi connectivity index (χ1) is 27.0. The number of hydrogen-bond acceptors (Lipinski definition) is 7. The molecule has 1 aliphatic heterocycles. The van der Waals surface area contributed by atoms with Gasteiger partial charge in [-0.2, -0.15) is 0 Å². The monoisotopic (exact) mass is 862 g/mol. The number of piperidine rings is 1. The third kappa shape index (κ3) is 59.7. The second-order valence-corrected chi connectivity index (χ2v) is 13.4. The molecule has 0 saturated carbocycles. The van der Waals surface area contributed by atoms with Gasteiger partial charge in [0.15, 0.2) is 0 Å². The molecule has 7 nitrogen and oxygen atoms in total. The van der Waals surface area contributed by atoms with Crippen LogP contribution in [0.15, 0.2) is 48.5 Å². The molecular weight excluding hydrogens is 755 g/mol. The molecule has 2 aromatic rings. The minimum absolute atomic E-state index is 0. The Bertz CT molecular complexity index is 1050. The minimum atomic E-state index is -2.67. The maximum atomic E-state index is 10.2. The van der Waals surface area contributed by atoms with Crippen LogP contribution >= 0.6 is 0 Å². The van der Waals surface area contributed by atoms with Crippen LogP contribution in [0.25, 0.3) is 0 Å². The first kappa shape index (κ1) is 80.3. The van der Waals surface area contributed by atoms with Crippen molar-refractivity contribution in [3.8, 4) is 0 Å². The molecule has 0 unspecified atom stereocenters. The second-order valence-electron chi connectivity index (χ2n) is 11.1. The van der Waals surface area contributed by atoms with Gasteiger partial charge >= 0.3 is 11.9 Å². The fourth-order valence-corrected chi connectivity index (χ4v) is 5.58. The van der Waals surface area contributed by atoms with Crippen LogP contribution < -0.4 is 5.32 Å². The Hall–Kier alpha value is -2.71. The van der Waals surface area contributed by atoms with Gasteiger partial charge in [-0.1, -0.05) is 181 Å². The smallest absolute Gasteiger partial charge is 0.305 e. The number of nitrogens with one attached hydrogen (secondary N) is 1. The van der Waals surface area contributed by atoms with Gasteiger partial charge in [-0.25, -0.2) is 8.42 Å². The number of fused-ring (bicyclic) bond motifs is 2. The first-order valence-electron chi connectivity index (χ1n) is 22.1. The van der Waals surface area contributed by atoms with Gasteiger partial charge in [0.05, 0.1) is 14.2 Å². The van der Waals surface area contributed by atoms with E-state index in [1.54, 1.807) is 29.2 Å². The zero-order chi connectivity index (χ0) is 45.2. The summed E-state index contributed by atoms with van der Waals surface area (Å²) in [6, 6.07) is 17.5. The molecule has 2 aromatic carbocycles. The Kier molecular flexibility index (Phi) is 91.3. The van der Waals surface area contributed by atoms with Crippen molar-refractivity contribution in [2.75, 3.05) is 39.3 Å². The predicted octanol–water partition coefficient (Wildman–Crippen LogP) is 15.0. The molecule has 0 bridgehead atoms. The Morgan fingerprint density at radius 3 is 1.03 bits per heavy atom. The third-order valence-corrected chi connectivity index (χ3v) is 8.59. The maximum Gasteiger partial charge on any atom is 0.305 e. The van der Waals surface area contributed by atoms with E-state index in [1.165, 1.54) is 98.3 Å². The van der Waals surface area contributed by atoms with Crippen molar-refractivity contribution < 1.29 is 27.5 Å². The molecule has 1 N–H and O–H groups in total. The van der Waals surface area contributed by atoms with Crippen molar-refractivity contribution in [3.05, 3.63) is 70.8 Å². The first-order valence-corrected chi connectivity index (χ1v) is 24.2. The molecular formula is C51H107NO6S. The van der Waals surface area contributed by atoms with Crippen molar-refractivity contribution in [3.63, 3.8) is 0 Å². The highest BCUT2D eigenvalue weighted by Gasteiger charge is 2.09. The number of sulfone groups is 1. The molecule has 358 valence electrons. The molecule has 1 saturated heterocycles. The van der Waals surface area contributed by atoms with E-state index in [-0.39, 0.29) is 34.2 Å². The van der Waals surface area contributed by atoms with Gasteiger partial charge in [0.25, 0.3) is 0 Å². The maximum absolute atomic E-state index is 10.2. The Morgan fingerprint density at radius 2 is 0.898 bits per heavy atom. The fraction of sp³-hybridized carbons (Fsp3) is 0.725. The van der Waals surface area contributed by atoms with Crippen LogP contribution in [0.2, 0.25) is 0 Å². The molecule has 3 aliphatic rings. The number of carbonyl (C=O) groups excluding carboxylic acids is 2. The SMILES string of the molecule is C.C.C.CC.CC.CC.CC.CC.CC.CCC(=O)OC.CCC1CCNCC1.CCCS(C)(=O)=O.COC(C)=O.c1ccc2c(c1)CCC2.c1ccc2c(c1)CCC2. The quantitative estimate of drug-likeness (QED) is 0.306. The number of aryl methyl sites for hydroxylation is 4. The van der Waals surface area contributed by atoms with Gasteiger partial charge in [0.1, 0.15) is 9.84 Å². The summed E-state index contributed by atoms with van der Waals surface area (Å²) in [4.78, 5) is 19.5. The van der Waals surface area contributed by atoms with E-state index >= 15 is 0 Å². The van der Waals surface area contributed by atoms with Gasteiger partial charge in [-0.05, 0) is 99.0 Å². The van der Waals surface area contributed by atoms with Gasteiger partial charge < -0.3 is 14.8 Å². The highest BCUT2D eigenvalue weighted by molar-refractivity contribution is 7.90. The van der Waals surface area contributed by atoms with E-state index in [0.717, 1.165) is 12.3 Å². The Balaban J connectivity index is -0.0000000579. The molecule has 0 atom stereocenters. The van der Waals surface area contributed by atoms with E-state index in [0.29, 0.717) is 12.2 Å². The van der Waals surface area contributed by atoms with E-state index in [1.807, 2.05) is 90.0 Å². The predicted molar refractivity (Wildman–Crippen MR) is 271 cm³/mol. The molecule has 2 aliphatic carbocycles. The van der Waals surface area contributed by atoms with E-state index in [9.17, 15) is 18.0 Å². The average Bonchev–Trinajstić information content (AvgIpc) is 3.96. The average molecular weight is 862 g/mol. The Morgan fingerprint density at radius 1 is 0.610 bits per heavy atom. The summed E-state index contributed by atoms with van der Waals surface area (Å²) in [7, 11) is 0.0561. The summed E-state index contributed by atoms with van der Waals surface area (Å²) in [5.74, 6) is 0.934. The molecule has 0 aromatic heterocycles. The largest absolute Gasteiger partial charge is 0.469 e. The summed E-state index contributed by atoms with van der Waals surface area (Å²) in [5.41, 5.74) is 6.27. The highest BCUT2D eigenvalue weighted by Crippen LogP contribution is 2.21. The standard InChI is InChI=1S/2C9H10.C7H15N.C4H10O2S.C4H8O2.C3H6O2.6C2H6.3CH4/c2*1-2-5-9-7-3-6-8(9)4-1;1-2-7-3-5-8-6-4-7;1-3-4-7(2,5)6;1-3-4(5)6-2;1-3(4)5-2;6*1-2;;;/h2*1-2,4-5H,3,6-7H2;7-8H,2-6H2,1H3;3-4H2,1-2H3;3H2,1-2H3;1-2H3;6*1-2H3;3*1H4. The molecule has 0 amide bonds. The number of hydrogen-bond donors (Lipinski definition) is 1. The summed E-state index contributed by atoms with van der Waals surface area (Å²) in [6.07, 6.45) is 14.5. The van der Waals surface area contributed by atoms with E-state index in [2.05, 4.69) is 70.2 Å². The number of rotatable bonds is 4. The second kappa shape index (κ2) is 67.1. The van der Waals surface area contributed by atoms with Crippen LogP contribution in [-0.4, -0.2) is 59.7 Å². The lowest BCUT2D eigenvalue weighted by atomic mass is 9.96. The molecule has 0 radical (unpaired) electrons. The van der Waals surface area contributed by atoms with Gasteiger partial charge in [0.2, 0.25) is 0 Å². The van der Waals surface area contributed by atoms with Crippen molar-refractivity contribution >= 4 is 21.8 Å². The fourth-order valence-electron chi connectivity index (χ4n) is 4.83. The van der Waals surface area contributed by atoms with E-state index < -0.39 is 9.84 Å². The highest BCUT2D eigenvalue weighted by atomic mass is 32.2. The lowest BCUT2D eigenvalue weighted by Gasteiger charge is -2.20. The zero-order valence-corrected chi connectivity index (χ0v) is 41.3. The number of benzene rings is 2. The molecule has 8 heteroatoms. The Labute approximate surface area is 373 Å². The topological polar surface area (TPSA) is 98.8 Å². The van der Waals surface area contributed by atoms with Crippen LogP contribution in [0.3, 0.4) is 0 Å². The van der Waals surface area contributed by atoms with Crippen LogP contribution in [0.5, 0.6) is 0 Å². The lowest BCUT2D eigenvalue weighted by molar-refractivity contribution is -0.140.